The molecule has 40 heavy (non-hydrogen) atoms. The summed E-state index contributed by atoms with van der Waals surface area (Å²) in [5.74, 6) is -1.50. The Balaban J connectivity index is 1.64. The van der Waals surface area contributed by atoms with Crippen molar-refractivity contribution in [3.63, 3.8) is 0 Å². The average molecular weight is 621 g/mol. The maximum Gasteiger partial charge on any atom is 0.263 e. The highest BCUT2D eigenvalue weighted by Gasteiger charge is 2.22. The minimum Gasteiger partial charge on any atom is -0.351 e. The van der Waals surface area contributed by atoms with Crippen LogP contribution in [0.15, 0.2) is 63.7 Å². The molecule has 0 aliphatic carbocycles. The molecule has 8 nitrogen and oxygen atoms in total. The molecule has 1 N–H and O–H groups in total. The molecule has 2 aromatic heterocycles. The Morgan fingerprint density at radius 2 is 1.77 bits per heavy atom. The quantitative estimate of drug-likeness (QED) is 0.279. The summed E-state index contributed by atoms with van der Waals surface area (Å²) in [4.78, 5) is 41.2. The maximum atomic E-state index is 13.5. The van der Waals surface area contributed by atoms with Crippen LogP contribution in [0.1, 0.15) is 21.5 Å². The lowest BCUT2D eigenvalue weighted by molar-refractivity contribution is -0.116. The van der Waals surface area contributed by atoms with Gasteiger partial charge in [0, 0.05) is 36.5 Å². The highest BCUT2D eigenvalue weighted by molar-refractivity contribution is 7.94. The van der Waals surface area contributed by atoms with Crippen LogP contribution >= 0.6 is 34.5 Å². The van der Waals surface area contributed by atoms with E-state index in [9.17, 15) is 22.8 Å². The third-order valence-corrected chi connectivity index (χ3v) is 9.93. The first kappa shape index (κ1) is 30.0. The first-order valence-corrected chi connectivity index (χ1v) is 15.5. The molecule has 2 heterocycles. The number of Topliss-reactive ketones (excluding diaryl/α,β-unsaturated/α-hetero) is 1. The van der Waals surface area contributed by atoms with E-state index in [-0.39, 0.29) is 27.1 Å². The lowest BCUT2D eigenvalue weighted by atomic mass is 10.0. The van der Waals surface area contributed by atoms with E-state index >= 15 is 0 Å². The van der Waals surface area contributed by atoms with Crippen LogP contribution in [-0.2, 0) is 21.1 Å². The summed E-state index contributed by atoms with van der Waals surface area (Å²) < 4.78 is 26.7. The summed E-state index contributed by atoms with van der Waals surface area (Å²) in [5.41, 5.74) is 1.69. The molecule has 210 valence electrons. The number of nitrogens with one attached hydrogen (secondary N) is 1. The number of pyridine rings is 1. The number of halogens is 2. The summed E-state index contributed by atoms with van der Waals surface area (Å²) in [5, 5.41) is 3.97. The van der Waals surface area contributed by atoms with Gasteiger partial charge in [0.1, 0.15) is 9.96 Å². The zero-order valence-electron chi connectivity index (χ0n) is 22.0. The SMILES string of the molecule is Cc1ccc2c(=O)n(-c3ccc(CC(=O)CS(=O)(=O)c4ccc(Cl)s4)cc3Cl)cc(C(=O)NCCN(C)C)c2c1. The van der Waals surface area contributed by atoms with Gasteiger partial charge in [-0.2, -0.15) is 0 Å². The molecular formula is C28H27Cl2N3O5S2. The van der Waals surface area contributed by atoms with E-state index in [1.807, 2.05) is 25.9 Å². The molecule has 0 bridgehead atoms. The van der Waals surface area contributed by atoms with Gasteiger partial charge in [-0.05, 0) is 56.9 Å². The number of sulfone groups is 1. The molecule has 0 radical (unpaired) electrons. The standard InChI is InChI=1S/C28H27Cl2N3O5S2/c1-17-4-6-20-21(12-17)22(27(35)31-10-11-32(2)3)15-33(28(20)36)24-7-5-18(14-23(24)29)13-19(34)16-40(37,38)26-9-8-25(30)39-26/h4-9,12,14-15H,10-11,13,16H2,1-3H3,(H,31,35). The first-order valence-electron chi connectivity index (χ1n) is 12.2. The molecule has 1 amide bonds. The summed E-state index contributed by atoms with van der Waals surface area (Å²) in [6, 6.07) is 12.8. The van der Waals surface area contributed by atoms with E-state index in [4.69, 9.17) is 23.2 Å². The smallest absolute Gasteiger partial charge is 0.263 e. The van der Waals surface area contributed by atoms with Crippen molar-refractivity contribution >= 4 is 66.8 Å². The number of hydrogen-bond acceptors (Lipinski definition) is 7. The number of nitrogens with zero attached hydrogens (tertiary/aromatic N) is 2. The van der Waals surface area contributed by atoms with Crippen LogP contribution in [0.2, 0.25) is 9.36 Å². The van der Waals surface area contributed by atoms with Gasteiger partial charge in [-0.25, -0.2) is 8.42 Å². The molecule has 0 saturated carbocycles. The fourth-order valence-corrected chi connectivity index (χ4v) is 7.29. The number of amides is 1. The lowest BCUT2D eigenvalue weighted by Crippen LogP contribution is -2.32. The Morgan fingerprint density at radius 3 is 2.42 bits per heavy atom. The van der Waals surface area contributed by atoms with Crippen LogP contribution in [0.25, 0.3) is 16.5 Å². The monoisotopic (exact) mass is 619 g/mol. The zero-order chi connectivity index (χ0) is 29.2. The highest BCUT2D eigenvalue weighted by atomic mass is 35.5. The number of rotatable bonds is 10. The van der Waals surface area contributed by atoms with Crippen LogP contribution in [0.3, 0.4) is 0 Å². The normalized spacial score (nSPS) is 11.8. The van der Waals surface area contributed by atoms with Crippen molar-refractivity contribution in [2.75, 3.05) is 32.9 Å². The first-order chi connectivity index (χ1) is 18.9. The van der Waals surface area contributed by atoms with E-state index in [0.717, 1.165) is 16.9 Å². The summed E-state index contributed by atoms with van der Waals surface area (Å²) in [6.07, 6.45) is 1.31. The number of aromatic nitrogens is 1. The number of aryl methyl sites for hydroxylation is 1. The Labute approximate surface area is 246 Å². The Bertz CT molecular complexity index is 1780. The van der Waals surface area contributed by atoms with Crippen LogP contribution < -0.4 is 10.9 Å². The fourth-order valence-electron chi connectivity index (χ4n) is 4.18. The molecule has 4 rings (SSSR count). The van der Waals surface area contributed by atoms with Gasteiger partial charge in [0.15, 0.2) is 15.6 Å². The van der Waals surface area contributed by atoms with Crippen LogP contribution in [-0.4, -0.2) is 62.5 Å². The van der Waals surface area contributed by atoms with Gasteiger partial charge < -0.3 is 10.2 Å². The van der Waals surface area contributed by atoms with Crippen molar-refractivity contribution in [3.8, 4) is 5.69 Å². The number of carbonyl (C=O) groups is 2. The number of thiophene rings is 1. The van der Waals surface area contributed by atoms with Crippen molar-refractivity contribution in [1.29, 1.82) is 0 Å². The number of carbonyl (C=O) groups excluding carboxylic acids is 2. The number of ketones is 1. The van der Waals surface area contributed by atoms with E-state index in [1.165, 1.54) is 29.0 Å². The second-order valence-electron chi connectivity index (χ2n) is 9.64. The molecule has 4 aromatic rings. The second kappa shape index (κ2) is 12.2. The van der Waals surface area contributed by atoms with Gasteiger partial charge in [0.25, 0.3) is 11.5 Å². The van der Waals surface area contributed by atoms with Crippen LogP contribution in [0.5, 0.6) is 0 Å². The predicted octanol–water partition coefficient (Wildman–Crippen LogP) is 4.54. The second-order valence-corrected chi connectivity index (χ2v) is 14.0. The zero-order valence-corrected chi connectivity index (χ0v) is 25.2. The highest BCUT2D eigenvalue weighted by Crippen LogP contribution is 2.27. The third-order valence-electron chi connectivity index (χ3n) is 6.14. The molecule has 0 atom stereocenters. The lowest BCUT2D eigenvalue weighted by Gasteiger charge is -2.15. The molecule has 0 fully saturated rings. The van der Waals surface area contributed by atoms with Crippen molar-refractivity contribution in [3.05, 3.63) is 91.1 Å². The minimum absolute atomic E-state index is 0.0339. The van der Waals surface area contributed by atoms with Crippen molar-refractivity contribution in [2.45, 2.75) is 17.6 Å². The average Bonchev–Trinajstić information content (AvgIpc) is 3.31. The molecule has 0 aliphatic rings. The van der Waals surface area contributed by atoms with Crippen LogP contribution in [0, 0.1) is 6.92 Å². The van der Waals surface area contributed by atoms with Gasteiger partial charge in [-0.1, -0.05) is 47.0 Å². The largest absolute Gasteiger partial charge is 0.351 e. The van der Waals surface area contributed by atoms with Crippen LogP contribution in [0.4, 0.5) is 0 Å². The van der Waals surface area contributed by atoms with Crippen molar-refractivity contribution < 1.29 is 18.0 Å². The Hall–Kier alpha value is -3.02. The summed E-state index contributed by atoms with van der Waals surface area (Å²) in [7, 11) is 0.00295. The van der Waals surface area contributed by atoms with Crippen molar-refractivity contribution in [1.82, 2.24) is 14.8 Å². The molecular weight excluding hydrogens is 593 g/mol. The molecule has 0 aliphatic heterocycles. The van der Waals surface area contributed by atoms with Gasteiger partial charge >= 0.3 is 0 Å². The maximum absolute atomic E-state index is 13.5. The molecule has 0 spiro atoms. The number of benzene rings is 2. The van der Waals surface area contributed by atoms with Gasteiger partial charge in [-0.15, -0.1) is 11.3 Å². The predicted molar refractivity (Wildman–Crippen MR) is 160 cm³/mol. The molecule has 0 unspecified atom stereocenters. The Kier molecular flexibility index (Phi) is 9.16. The van der Waals surface area contributed by atoms with Crippen molar-refractivity contribution in [2.24, 2.45) is 0 Å². The Morgan fingerprint density at radius 1 is 1.02 bits per heavy atom. The topological polar surface area (TPSA) is 106 Å². The van der Waals surface area contributed by atoms with Gasteiger partial charge in [0.05, 0.1) is 20.6 Å². The summed E-state index contributed by atoms with van der Waals surface area (Å²) in [6.45, 7) is 2.96. The van der Waals surface area contributed by atoms with E-state index in [1.54, 1.807) is 30.3 Å². The van der Waals surface area contributed by atoms with Gasteiger partial charge in [-0.3, -0.25) is 19.0 Å². The molecule has 0 saturated heterocycles. The van der Waals surface area contributed by atoms with E-state index in [0.29, 0.717) is 45.0 Å². The van der Waals surface area contributed by atoms with Gasteiger partial charge in [0.2, 0.25) is 0 Å². The fraction of sp³-hybridized carbons (Fsp3) is 0.250. The minimum atomic E-state index is -3.81. The third kappa shape index (κ3) is 6.82. The summed E-state index contributed by atoms with van der Waals surface area (Å²) >= 11 is 13.3. The van der Waals surface area contributed by atoms with E-state index < -0.39 is 21.4 Å². The van der Waals surface area contributed by atoms with E-state index in [2.05, 4.69) is 5.32 Å². The number of hydrogen-bond donors (Lipinski definition) is 1. The molecule has 2 aromatic carbocycles. The molecule has 12 heteroatoms. The number of fused-ring (bicyclic) bond motifs is 1. The number of likely N-dealkylation sites (N-methyl/N-ethyl adjacent to an activating group) is 1.